The van der Waals surface area contributed by atoms with Crippen LogP contribution in [-0.4, -0.2) is 30.8 Å². The molecule has 0 spiro atoms. The predicted octanol–water partition coefficient (Wildman–Crippen LogP) is 2.42. The van der Waals surface area contributed by atoms with E-state index in [1.54, 1.807) is 0 Å². The van der Waals surface area contributed by atoms with Crippen LogP contribution in [0.5, 0.6) is 0 Å². The number of carbonyl (C=O) groups is 1. The number of hydrogen-bond acceptors (Lipinski definition) is 3. The van der Waals surface area contributed by atoms with Gasteiger partial charge in [0.2, 0.25) is 5.91 Å². The van der Waals surface area contributed by atoms with Crippen LogP contribution in [0.3, 0.4) is 0 Å². The van der Waals surface area contributed by atoms with Gasteiger partial charge in [0.1, 0.15) is 0 Å². The zero-order valence-electron chi connectivity index (χ0n) is 14.1. The van der Waals surface area contributed by atoms with Gasteiger partial charge in [0.15, 0.2) is 0 Å². The van der Waals surface area contributed by atoms with E-state index in [1.165, 1.54) is 0 Å². The molecule has 2 saturated heterocycles. The highest BCUT2D eigenvalue weighted by Gasteiger charge is 2.51. The van der Waals surface area contributed by atoms with Crippen molar-refractivity contribution in [3.63, 3.8) is 0 Å². The van der Waals surface area contributed by atoms with Gasteiger partial charge in [-0.2, -0.15) is 0 Å². The fourth-order valence-electron chi connectivity index (χ4n) is 2.98. The van der Waals surface area contributed by atoms with E-state index in [-0.39, 0.29) is 24.2 Å². The van der Waals surface area contributed by atoms with Gasteiger partial charge in [-0.25, -0.2) is 0 Å². The highest BCUT2D eigenvalue weighted by molar-refractivity contribution is 6.62. The molecule has 0 radical (unpaired) electrons. The minimum Gasteiger partial charge on any atom is -0.399 e. The average molecular weight is 301 g/mol. The third-order valence-electron chi connectivity index (χ3n) is 4.99. The van der Waals surface area contributed by atoms with Crippen LogP contribution in [-0.2, 0) is 14.1 Å². The first-order chi connectivity index (χ1) is 10.2. The maximum atomic E-state index is 12.0. The Hall–Kier alpha value is -1.33. The van der Waals surface area contributed by atoms with Crippen LogP contribution in [0.1, 0.15) is 46.1 Å². The van der Waals surface area contributed by atoms with E-state index in [2.05, 4.69) is 12.1 Å². The molecule has 2 fully saturated rings. The first-order valence-corrected chi connectivity index (χ1v) is 7.97. The van der Waals surface area contributed by atoms with Gasteiger partial charge in [-0.05, 0) is 64.2 Å². The summed E-state index contributed by atoms with van der Waals surface area (Å²) in [4.78, 5) is 13.9. The van der Waals surface area contributed by atoms with E-state index >= 15 is 0 Å². The highest BCUT2D eigenvalue weighted by Crippen LogP contribution is 2.36. The molecule has 0 unspecified atom stereocenters. The van der Waals surface area contributed by atoms with Crippen LogP contribution < -0.4 is 10.4 Å². The zero-order chi connectivity index (χ0) is 16.1. The van der Waals surface area contributed by atoms with E-state index in [4.69, 9.17) is 9.31 Å². The molecule has 2 aliphatic heterocycles. The molecule has 2 heterocycles. The third-order valence-corrected chi connectivity index (χ3v) is 4.99. The molecular formula is C17H24BNO3. The number of carbonyl (C=O) groups excluding carboxylic acids is 1. The van der Waals surface area contributed by atoms with Crippen LogP contribution in [0.25, 0.3) is 0 Å². The lowest BCUT2D eigenvalue weighted by molar-refractivity contribution is -0.117. The SMILES string of the molecule is Cc1cc(B2OC(C)(C)C(C)(C)O2)cc(N2CCCC2=O)c1. The summed E-state index contributed by atoms with van der Waals surface area (Å²) in [6.45, 7) is 11.0. The third kappa shape index (κ3) is 2.57. The van der Waals surface area contributed by atoms with Gasteiger partial charge in [0.25, 0.3) is 0 Å². The van der Waals surface area contributed by atoms with Gasteiger partial charge in [0, 0.05) is 18.7 Å². The molecule has 1 aromatic rings. The van der Waals surface area contributed by atoms with Crippen molar-refractivity contribution in [2.24, 2.45) is 0 Å². The summed E-state index contributed by atoms with van der Waals surface area (Å²) in [7, 11) is -0.388. The Morgan fingerprint density at radius 2 is 1.73 bits per heavy atom. The van der Waals surface area contributed by atoms with Crippen LogP contribution in [0, 0.1) is 6.92 Å². The van der Waals surface area contributed by atoms with Gasteiger partial charge in [-0.1, -0.05) is 6.07 Å². The summed E-state index contributed by atoms with van der Waals surface area (Å²) in [6.07, 6.45) is 1.57. The number of aryl methyl sites for hydroxylation is 1. The topological polar surface area (TPSA) is 38.8 Å². The monoisotopic (exact) mass is 301 g/mol. The molecule has 0 saturated carbocycles. The Morgan fingerprint density at radius 3 is 2.27 bits per heavy atom. The molecule has 2 aliphatic rings. The number of nitrogens with zero attached hydrogens (tertiary/aromatic N) is 1. The summed E-state index contributed by atoms with van der Waals surface area (Å²) < 4.78 is 12.2. The summed E-state index contributed by atoms with van der Waals surface area (Å²) in [5.74, 6) is 0.200. The Morgan fingerprint density at radius 1 is 1.09 bits per heavy atom. The quantitative estimate of drug-likeness (QED) is 0.788. The standard InChI is InChI=1S/C17H24BNO3/c1-12-9-13(18-21-16(2,3)17(4,5)22-18)11-14(10-12)19-8-6-7-15(19)20/h9-11H,6-8H2,1-5H3. The van der Waals surface area contributed by atoms with Crippen molar-refractivity contribution in [2.45, 2.75) is 58.7 Å². The van der Waals surface area contributed by atoms with Crippen molar-refractivity contribution >= 4 is 24.2 Å². The molecule has 3 rings (SSSR count). The first kappa shape index (κ1) is 15.6. The van der Waals surface area contributed by atoms with Crippen molar-refractivity contribution in [3.8, 4) is 0 Å². The van der Waals surface area contributed by atoms with E-state index in [9.17, 15) is 4.79 Å². The molecule has 1 amide bonds. The van der Waals surface area contributed by atoms with Crippen molar-refractivity contribution in [1.82, 2.24) is 0 Å². The van der Waals surface area contributed by atoms with Crippen LogP contribution in [0.4, 0.5) is 5.69 Å². The second-order valence-corrected chi connectivity index (χ2v) is 7.34. The molecule has 22 heavy (non-hydrogen) atoms. The van der Waals surface area contributed by atoms with Crippen LogP contribution in [0.2, 0.25) is 0 Å². The summed E-state index contributed by atoms with van der Waals surface area (Å²) in [5, 5.41) is 0. The average Bonchev–Trinajstić information content (AvgIpc) is 2.91. The fraction of sp³-hybridized carbons (Fsp3) is 0.588. The van der Waals surface area contributed by atoms with Crippen LogP contribution in [0.15, 0.2) is 18.2 Å². The largest absolute Gasteiger partial charge is 0.494 e. The molecule has 1 aromatic carbocycles. The molecule has 0 aliphatic carbocycles. The Labute approximate surface area is 132 Å². The predicted molar refractivity (Wildman–Crippen MR) is 88.5 cm³/mol. The molecule has 0 aromatic heterocycles. The Balaban J connectivity index is 1.92. The summed E-state index contributed by atoms with van der Waals surface area (Å²) >= 11 is 0. The van der Waals surface area contributed by atoms with Gasteiger partial charge in [-0.15, -0.1) is 0 Å². The minimum absolute atomic E-state index is 0.200. The maximum Gasteiger partial charge on any atom is 0.494 e. The Bertz CT molecular complexity index is 596. The van der Waals surface area contributed by atoms with Gasteiger partial charge < -0.3 is 14.2 Å². The van der Waals surface area contributed by atoms with E-state index in [0.717, 1.165) is 29.7 Å². The maximum absolute atomic E-state index is 12.0. The smallest absolute Gasteiger partial charge is 0.399 e. The highest BCUT2D eigenvalue weighted by atomic mass is 16.7. The lowest BCUT2D eigenvalue weighted by atomic mass is 9.78. The number of hydrogen-bond donors (Lipinski definition) is 0. The summed E-state index contributed by atoms with van der Waals surface area (Å²) in [6, 6.07) is 6.16. The molecule has 5 heteroatoms. The fourth-order valence-corrected chi connectivity index (χ4v) is 2.98. The minimum atomic E-state index is -0.388. The molecule has 4 nitrogen and oxygen atoms in total. The lowest BCUT2D eigenvalue weighted by Crippen LogP contribution is -2.41. The number of rotatable bonds is 2. The molecule has 0 atom stereocenters. The van der Waals surface area contributed by atoms with Crippen molar-refractivity contribution in [2.75, 3.05) is 11.4 Å². The number of amides is 1. The second kappa shape index (κ2) is 5.10. The van der Waals surface area contributed by atoms with Crippen molar-refractivity contribution in [1.29, 1.82) is 0 Å². The first-order valence-electron chi connectivity index (χ1n) is 7.97. The van der Waals surface area contributed by atoms with Gasteiger partial charge in [0.05, 0.1) is 11.2 Å². The number of anilines is 1. The van der Waals surface area contributed by atoms with E-state index in [0.29, 0.717) is 6.42 Å². The normalized spacial score (nSPS) is 23.4. The van der Waals surface area contributed by atoms with Gasteiger partial charge >= 0.3 is 7.12 Å². The van der Waals surface area contributed by atoms with Crippen LogP contribution >= 0.6 is 0 Å². The second-order valence-electron chi connectivity index (χ2n) is 7.34. The molecule has 118 valence electrons. The molecular weight excluding hydrogens is 277 g/mol. The number of benzene rings is 1. The molecule has 0 bridgehead atoms. The zero-order valence-corrected chi connectivity index (χ0v) is 14.1. The van der Waals surface area contributed by atoms with Gasteiger partial charge in [-0.3, -0.25) is 4.79 Å². The Kier molecular flexibility index (Phi) is 3.61. The molecule has 0 N–H and O–H groups in total. The van der Waals surface area contributed by atoms with Crippen molar-refractivity contribution < 1.29 is 14.1 Å². The van der Waals surface area contributed by atoms with E-state index in [1.807, 2.05) is 45.6 Å². The van der Waals surface area contributed by atoms with Crippen molar-refractivity contribution in [3.05, 3.63) is 23.8 Å². The van der Waals surface area contributed by atoms with E-state index < -0.39 is 0 Å². The summed E-state index contributed by atoms with van der Waals surface area (Å²) in [5.41, 5.74) is 2.33. The lowest BCUT2D eigenvalue weighted by Gasteiger charge is -2.32.